The van der Waals surface area contributed by atoms with Gasteiger partial charge in [-0.2, -0.15) is 0 Å². The van der Waals surface area contributed by atoms with Crippen molar-refractivity contribution >= 4 is 17.0 Å². The van der Waals surface area contributed by atoms with Gasteiger partial charge in [0, 0.05) is 12.7 Å². The van der Waals surface area contributed by atoms with Gasteiger partial charge in [0.25, 0.3) is 0 Å². The summed E-state index contributed by atoms with van der Waals surface area (Å²) in [5, 5.41) is 0. The second kappa shape index (κ2) is 6.30. The van der Waals surface area contributed by atoms with Gasteiger partial charge in [-0.1, -0.05) is 11.1 Å². The van der Waals surface area contributed by atoms with Gasteiger partial charge >= 0.3 is 5.97 Å². The van der Waals surface area contributed by atoms with Gasteiger partial charge in [0.05, 0.1) is 6.61 Å². The molecule has 66 valence electrons. The SMILES string of the molecule is CC(=O)OCCCCS(=O)[O-]. The Labute approximate surface area is 68.2 Å². The van der Waals surface area contributed by atoms with Crippen molar-refractivity contribution in [2.45, 2.75) is 19.8 Å². The molecule has 0 radical (unpaired) electrons. The van der Waals surface area contributed by atoms with E-state index in [0.717, 1.165) is 0 Å². The van der Waals surface area contributed by atoms with Crippen LogP contribution in [-0.2, 0) is 20.6 Å². The van der Waals surface area contributed by atoms with Crippen LogP contribution in [-0.4, -0.2) is 27.1 Å². The number of rotatable bonds is 5. The van der Waals surface area contributed by atoms with Crippen LogP contribution in [0.25, 0.3) is 0 Å². The van der Waals surface area contributed by atoms with Crippen LogP contribution in [0.3, 0.4) is 0 Å². The van der Waals surface area contributed by atoms with E-state index in [9.17, 15) is 13.6 Å². The third-order valence-corrected chi connectivity index (χ3v) is 1.63. The Kier molecular flexibility index (Phi) is 6.06. The summed E-state index contributed by atoms with van der Waals surface area (Å²) in [6.07, 6.45) is 1.15. The number of carbonyl (C=O) groups is 1. The monoisotopic (exact) mass is 179 g/mol. The minimum absolute atomic E-state index is 0.140. The summed E-state index contributed by atoms with van der Waals surface area (Å²) in [6, 6.07) is 0. The minimum atomic E-state index is -1.97. The number of esters is 1. The highest BCUT2D eigenvalue weighted by atomic mass is 32.2. The summed E-state index contributed by atoms with van der Waals surface area (Å²) >= 11 is -1.97. The maximum Gasteiger partial charge on any atom is 0.302 e. The standard InChI is InChI=1S/C6H12O4S/c1-6(7)10-4-2-3-5-11(8)9/h2-5H2,1H3,(H,8,9)/p-1. The van der Waals surface area contributed by atoms with Crippen LogP contribution in [0.5, 0.6) is 0 Å². The van der Waals surface area contributed by atoms with E-state index in [0.29, 0.717) is 19.4 Å². The predicted molar refractivity (Wildman–Crippen MR) is 39.7 cm³/mol. The van der Waals surface area contributed by atoms with Crippen molar-refractivity contribution in [3.05, 3.63) is 0 Å². The molecular formula is C6H11O4S-. The average Bonchev–Trinajstić information content (AvgIpc) is 1.85. The number of unbranched alkanes of at least 4 members (excludes halogenated alkanes) is 1. The number of ether oxygens (including phenoxy) is 1. The number of hydrogen-bond donors (Lipinski definition) is 0. The molecular weight excluding hydrogens is 168 g/mol. The van der Waals surface area contributed by atoms with E-state index >= 15 is 0 Å². The molecule has 0 amide bonds. The molecule has 0 aromatic rings. The molecule has 0 aromatic heterocycles. The zero-order chi connectivity index (χ0) is 8.69. The summed E-state index contributed by atoms with van der Waals surface area (Å²) in [4.78, 5) is 10.2. The molecule has 4 nitrogen and oxygen atoms in total. The van der Waals surface area contributed by atoms with Gasteiger partial charge < -0.3 is 9.29 Å². The lowest BCUT2D eigenvalue weighted by molar-refractivity contribution is -0.141. The zero-order valence-electron chi connectivity index (χ0n) is 6.37. The Bertz CT molecular complexity index is 130. The molecule has 0 aliphatic heterocycles. The molecule has 0 saturated heterocycles. The van der Waals surface area contributed by atoms with Gasteiger partial charge in [-0.3, -0.25) is 9.00 Å². The van der Waals surface area contributed by atoms with Crippen molar-refractivity contribution in [3.8, 4) is 0 Å². The summed E-state index contributed by atoms with van der Waals surface area (Å²) in [7, 11) is 0. The molecule has 0 rings (SSSR count). The third-order valence-electron chi connectivity index (χ3n) is 1.01. The Morgan fingerprint density at radius 3 is 2.64 bits per heavy atom. The van der Waals surface area contributed by atoms with E-state index < -0.39 is 11.1 Å². The van der Waals surface area contributed by atoms with E-state index in [1.165, 1.54) is 6.92 Å². The minimum Gasteiger partial charge on any atom is -0.772 e. The normalized spacial score (nSPS) is 12.5. The predicted octanol–water partition coefficient (Wildman–Crippen LogP) is 0.209. The lowest BCUT2D eigenvalue weighted by Crippen LogP contribution is -2.02. The highest BCUT2D eigenvalue weighted by Crippen LogP contribution is 1.91. The van der Waals surface area contributed by atoms with Crippen molar-refractivity contribution in [1.82, 2.24) is 0 Å². The van der Waals surface area contributed by atoms with Crippen molar-refractivity contribution in [2.24, 2.45) is 0 Å². The Morgan fingerprint density at radius 1 is 1.55 bits per heavy atom. The first kappa shape index (κ1) is 10.6. The van der Waals surface area contributed by atoms with Crippen LogP contribution >= 0.6 is 0 Å². The fourth-order valence-corrected chi connectivity index (χ4v) is 0.978. The van der Waals surface area contributed by atoms with Crippen LogP contribution in [0.4, 0.5) is 0 Å². The van der Waals surface area contributed by atoms with Gasteiger partial charge in [-0.25, -0.2) is 0 Å². The summed E-state index contributed by atoms with van der Waals surface area (Å²) in [6.45, 7) is 1.64. The Balaban J connectivity index is 3.03. The fraction of sp³-hybridized carbons (Fsp3) is 0.833. The van der Waals surface area contributed by atoms with E-state index in [1.54, 1.807) is 0 Å². The van der Waals surface area contributed by atoms with Gasteiger partial charge in [0.1, 0.15) is 0 Å². The van der Waals surface area contributed by atoms with E-state index in [4.69, 9.17) is 0 Å². The first-order valence-electron chi connectivity index (χ1n) is 3.32. The molecule has 0 N–H and O–H groups in total. The molecule has 1 atom stereocenters. The van der Waals surface area contributed by atoms with Gasteiger partial charge in [0.2, 0.25) is 0 Å². The quantitative estimate of drug-likeness (QED) is 0.344. The van der Waals surface area contributed by atoms with E-state index in [2.05, 4.69) is 4.74 Å². The summed E-state index contributed by atoms with van der Waals surface area (Å²) in [5.41, 5.74) is 0. The molecule has 0 bridgehead atoms. The molecule has 0 aliphatic carbocycles. The summed E-state index contributed by atoms with van der Waals surface area (Å²) < 4.78 is 24.6. The molecule has 11 heavy (non-hydrogen) atoms. The molecule has 0 heterocycles. The molecule has 0 spiro atoms. The van der Waals surface area contributed by atoms with Crippen LogP contribution in [0.1, 0.15) is 19.8 Å². The number of carbonyl (C=O) groups excluding carboxylic acids is 1. The van der Waals surface area contributed by atoms with E-state index in [-0.39, 0.29) is 11.7 Å². The van der Waals surface area contributed by atoms with Crippen molar-refractivity contribution in [3.63, 3.8) is 0 Å². The fourth-order valence-electron chi connectivity index (χ4n) is 0.538. The van der Waals surface area contributed by atoms with Crippen molar-refractivity contribution in [1.29, 1.82) is 0 Å². The van der Waals surface area contributed by atoms with Crippen LogP contribution in [0.15, 0.2) is 0 Å². The topological polar surface area (TPSA) is 66.4 Å². The van der Waals surface area contributed by atoms with Gasteiger partial charge in [-0.05, 0) is 12.8 Å². The van der Waals surface area contributed by atoms with Gasteiger partial charge in [-0.15, -0.1) is 0 Å². The first-order valence-corrected chi connectivity index (χ1v) is 4.56. The van der Waals surface area contributed by atoms with Gasteiger partial charge in [0.15, 0.2) is 0 Å². The van der Waals surface area contributed by atoms with Crippen molar-refractivity contribution < 1.29 is 18.3 Å². The highest BCUT2D eigenvalue weighted by Gasteiger charge is 1.92. The highest BCUT2D eigenvalue weighted by molar-refractivity contribution is 7.79. The Morgan fingerprint density at radius 2 is 2.18 bits per heavy atom. The third kappa shape index (κ3) is 9.58. The average molecular weight is 179 g/mol. The smallest absolute Gasteiger partial charge is 0.302 e. The molecule has 0 fully saturated rings. The largest absolute Gasteiger partial charge is 0.772 e. The second-order valence-corrected chi connectivity index (χ2v) is 3.07. The van der Waals surface area contributed by atoms with Crippen LogP contribution < -0.4 is 0 Å². The second-order valence-electron chi connectivity index (χ2n) is 2.06. The van der Waals surface area contributed by atoms with Crippen LogP contribution in [0, 0.1) is 0 Å². The molecule has 5 heteroatoms. The molecule has 0 aliphatic rings. The van der Waals surface area contributed by atoms with E-state index in [1.807, 2.05) is 0 Å². The first-order chi connectivity index (χ1) is 5.13. The Hall–Kier alpha value is -0.420. The zero-order valence-corrected chi connectivity index (χ0v) is 7.19. The molecule has 0 saturated carbocycles. The molecule has 0 aromatic carbocycles. The number of hydrogen-bond acceptors (Lipinski definition) is 4. The maximum absolute atomic E-state index is 10.2. The maximum atomic E-state index is 10.2. The summed E-state index contributed by atoms with van der Waals surface area (Å²) in [5.74, 6) is -0.186. The van der Waals surface area contributed by atoms with Crippen LogP contribution in [0.2, 0.25) is 0 Å². The lowest BCUT2D eigenvalue weighted by Gasteiger charge is -2.03. The molecule has 1 unspecified atom stereocenters. The van der Waals surface area contributed by atoms with Crippen molar-refractivity contribution in [2.75, 3.05) is 12.4 Å². The lowest BCUT2D eigenvalue weighted by atomic mass is 10.4.